The highest BCUT2D eigenvalue weighted by Crippen LogP contribution is 2.24. The van der Waals surface area contributed by atoms with Crippen molar-refractivity contribution in [2.24, 2.45) is 5.92 Å². The minimum Gasteiger partial charge on any atom is -0.317 e. The van der Waals surface area contributed by atoms with E-state index in [0.29, 0.717) is 0 Å². The summed E-state index contributed by atoms with van der Waals surface area (Å²) in [6, 6.07) is 9.47. The minimum atomic E-state index is 0.763. The maximum Gasteiger partial charge on any atom is 0.0175 e. The Morgan fingerprint density at radius 2 is 1.80 bits per heavy atom. The van der Waals surface area contributed by atoms with E-state index in [2.05, 4.69) is 64.5 Å². The molecule has 2 rings (SSSR count). The van der Waals surface area contributed by atoms with Crippen molar-refractivity contribution in [1.29, 1.82) is 0 Å². The highest BCUT2D eigenvalue weighted by atomic mass is 79.9. The van der Waals surface area contributed by atoms with Crippen molar-refractivity contribution in [3.63, 3.8) is 0 Å². The lowest BCUT2D eigenvalue weighted by atomic mass is 9.86. The molecule has 0 atom stereocenters. The normalized spacial score (nSPS) is 23.2. The summed E-state index contributed by atoms with van der Waals surface area (Å²) in [5.74, 6) is 0.898. The Kier molecular flexibility index (Phi) is 6.53. The summed E-state index contributed by atoms with van der Waals surface area (Å²) in [5, 5.41) is 3.41. The molecule has 0 aromatic heterocycles. The van der Waals surface area contributed by atoms with Crippen LogP contribution in [0.2, 0.25) is 0 Å². The van der Waals surface area contributed by atoms with Gasteiger partial charge < -0.3 is 10.2 Å². The van der Waals surface area contributed by atoms with E-state index in [1.807, 2.05) is 0 Å². The van der Waals surface area contributed by atoms with Gasteiger partial charge >= 0.3 is 0 Å². The number of benzene rings is 1. The van der Waals surface area contributed by atoms with Crippen LogP contribution in [0.4, 0.5) is 0 Å². The number of nitrogens with one attached hydrogen (secondary N) is 1. The highest BCUT2D eigenvalue weighted by Gasteiger charge is 2.20. The molecule has 0 heterocycles. The third-order valence-corrected chi connectivity index (χ3v) is 5.05. The zero-order chi connectivity index (χ0) is 14.4. The van der Waals surface area contributed by atoms with Gasteiger partial charge in [0, 0.05) is 23.6 Å². The molecule has 1 aliphatic carbocycles. The SMILES string of the molecule is CNC1CCC(CN(C)CCc2ccc(Br)cc2)CC1. The second-order valence-corrected chi connectivity index (χ2v) is 7.06. The molecule has 20 heavy (non-hydrogen) atoms. The number of nitrogens with zero attached hydrogens (tertiary/aromatic N) is 1. The smallest absolute Gasteiger partial charge is 0.0175 e. The van der Waals surface area contributed by atoms with Gasteiger partial charge in [-0.15, -0.1) is 0 Å². The van der Waals surface area contributed by atoms with Crippen molar-refractivity contribution in [1.82, 2.24) is 10.2 Å². The number of hydrogen-bond donors (Lipinski definition) is 1. The van der Waals surface area contributed by atoms with Crippen LogP contribution in [-0.2, 0) is 6.42 Å². The second-order valence-electron chi connectivity index (χ2n) is 6.15. The zero-order valence-electron chi connectivity index (χ0n) is 12.7. The standard InChI is InChI=1S/C17H27BrN2/c1-19-17-9-5-15(6-10-17)13-20(2)12-11-14-3-7-16(18)8-4-14/h3-4,7-8,15,17,19H,5-6,9-13H2,1-2H3. The van der Waals surface area contributed by atoms with Gasteiger partial charge in [0.05, 0.1) is 0 Å². The Balaban J connectivity index is 1.68. The predicted octanol–water partition coefficient (Wildman–Crippen LogP) is 3.70. The summed E-state index contributed by atoms with van der Waals surface area (Å²) >= 11 is 3.49. The maximum atomic E-state index is 3.49. The van der Waals surface area contributed by atoms with Crippen LogP contribution >= 0.6 is 15.9 Å². The number of halogens is 1. The lowest BCUT2D eigenvalue weighted by Gasteiger charge is -2.31. The van der Waals surface area contributed by atoms with Gasteiger partial charge in [0.2, 0.25) is 0 Å². The topological polar surface area (TPSA) is 15.3 Å². The van der Waals surface area contributed by atoms with Crippen molar-refractivity contribution in [2.75, 3.05) is 27.2 Å². The molecule has 1 aliphatic rings. The van der Waals surface area contributed by atoms with E-state index in [1.165, 1.54) is 37.8 Å². The minimum absolute atomic E-state index is 0.763. The molecule has 0 bridgehead atoms. The first-order chi connectivity index (χ1) is 9.67. The van der Waals surface area contributed by atoms with Crippen LogP contribution < -0.4 is 5.32 Å². The molecule has 1 N–H and O–H groups in total. The molecule has 1 aromatic rings. The van der Waals surface area contributed by atoms with Crippen molar-refractivity contribution in [2.45, 2.75) is 38.1 Å². The predicted molar refractivity (Wildman–Crippen MR) is 90.1 cm³/mol. The molecule has 3 heteroatoms. The van der Waals surface area contributed by atoms with Crippen molar-refractivity contribution < 1.29 is 0 Å². The second kappa shape index (κ2) is 8.16. The molecule has 1 fully saturated rings. The Morgan fingerprint density at radius 3 is 2.40 bits per heavy atom. The molecular formula is C17H27BrN2. The first-order valence-corrected chi connectivity index (χ1v) is 8.57. The van der Waals surface area contributed by atoms with Gasteiger partial charge in [0.25, 0.3) is 0 Å². The number of rotatable bonds is 6. The highest BCUT2D eigenvalue weighted by molar-refractivity contribution is 9.10. The molecule has 1 aromatic carbocycles. The number of hydrogen-bond acceptors (Lipinski definition) is 2. The third kappa shape index (κ3) is 5.19. The maximum absolute atomic E-state index is 3.49. The van der Waals surface area contributed by atoms with Crippen LogP contribution in [-0.4, -0.2) is 38.1 Å². The molecule has 0 aliphatic heterocycles. The Hall–Kier alpha value is -0.380. The molecule has 0 saturated heterocycles. The van der Waals surface area contributed by atoms with E-state index in [9.17, 15) is 0 Å². The van der Waals surface area contributed by atoms with Crippen molar-refractivity contribution in [3.05, 3.63) is 34.3 Å². The van der Waals surface area contributed by atoms with Crippen LogP contribution in [0.1, 0.15) is 31.2 Å². The molecular weight excluding hydrogens is 312 g/mol. The van der Waals surface area contributed by atoms with Crippen LogP contribution in [0, 0.1) is 5.92 Å². The lowest BCUT2D eigenvalue weighted by molar-refractivity contribution is 0.217. The van der Waals surface area contributed by atoms with Gasteiger partial charge in [-0.1, -0.05) is 28.1 Å². The molecule has 0 amide bonds. The van der Waals surface area contributed by atoms with E-state index < -0.39 is 0 Å². The van der Waals surface area contributed by atoms with E-state index in [1.54, 1.807) is 0 Å². The monoisotopic (exact) mass is 338 g/mol. The lowest BCUT2D eigenvalue weighted by Crippen LogP contribution is -2.35. The van der Waals surface area contributed by atoms with Crippen molar-refractivity contribution >= 4 is 15.9 Å². The first kappa shape index (κ1) is 16.0. The third-order valence-electron chi connectivity index (χ3n) is 4.52. The fraction of sp³-hybridized carbons (Fsp3) is 0.647. The Morgan fingerprint density at radius 1 is 1.15 bits per heavy atom. The fourth-order valence-electron chi connectivity index (χ4n) is 3.14. The molecule has 0 unspecified atom stereocenters. The molecule has 0 spiro atoms. The fourth-order valence-corrected chi connectivity index (χ4v) is 3.40. The summed E-state index contributed by atoms with van der Waals surface area (Å²) in [6.45, 7) is 2.42. The average molecular weight is 339 g/mol. The summed E-state index contributed by atoms with van der Waals surface area (Å²) in [6.07, 6.45) is 6.61. The van der Waals surface area contributed by atoms with Gasteiger partial charge in [-0.25, -0.2) is 0 Å². The number of likely N-dealkylation sites (N-methyl/N-ethyl adjacent to an activating group) is 1. The van der Waals surface area contributed by atoms with E-state index in [-0.39, 0.29) is 0 Å². The van der Waals surface area contributed by atoms with Gasteiger partial charge in [0.15, 0.2) is 0 Å². The average Bonchev–Trinajstić information content (AvgIpc) is 2.47. The van der Waals surface area contributed by atoms with E-state index >= 15 is 0 Å². The quantitative estimate of drug-likeness (QED) is 0.850. The van der Waals surface area contributed by atoms with Gasteiger partial charge in [-0.3, -0.25) is 0 Å². The van der Waals surface area contributed by atoms with Crippen molar-refractivity contribution in [3.8, 4) is 0 Å². The summed E-state index contributed by atoms with van der Waals surface area (Å²) in [7, 11) is 4.36. The zero-order valence-corrected chi connectivity index (χ0v) is 14.3. The van der Waals surface area contributed by atoms with E-state index in [4.69, 9.17) is 0 Å². The summed E-state index contributed by atoms with van der Waals surface area (Å²) in [4.78, 5) is 2.51. The van der Waals surface area contributed by atoms with Crippen LogP contribution in [0.5, 0.6) is 0 Å². The van der Waals surface area contributed by atoms with E-state index in [0.717, 1.165) is 29.4 Å². The van der Waals surface area contributed by atoms with Gasteiger partial charge in [0.1, 0.15) is 0 Å². The van der Waals surface area contributed by atoms with Crippen LogP contribution in [0.15, 0.2) is 28.7 Å². The summed E-state index contributed by atoms with van der Waals surface area (Å²) < 4.78 is 1.16. The molecule has 1 saturated carbocycles. The summed E-state index contributed by atoms with van der Waals surface area (Å²) in [5.41, 5.74) is 1.43. The Labute approximate surface area is 132 Å². The molecule has 112 valence electrons. The molecule has 0 radical (unpaired) electrons. The van der Waals surface area contributed by atoms with Gasteiger partial charge in [-0.05, 0) is 69.8 Å². The molecule has 2 nitrogen and oxygen atoms in total. The Bertz CT molecular complexity index is 382. The first-order valence-electron chi connectivity index (χ1n) is 7.77. The van der Waals surface area contributed by atoms with Crippen LogP contribution in [0.25, 0.3) is 0 Å². The van der Waals surface area contributed by atoms with Crippen LogP contribution in [0.3, 0.4) is 0 Å². The largest absolute Gasteiger partial charge is 0.317 e. The van der Waals surface area contributed by atoms with Gasteiger partial charge in [-0.2, -0.15) is 0 Å².